The molecule has 1 atom stereocenters. The van der Waals surface area contributed by atoms with Crippen molar-refractivity contribution in [2.75, 3.05) is 19.0 Å². The summed E-state index contributed by atoms with van der Waals surface area (Å²) in [6.07, 6.45) is 6.61. The summed E-state index contributed by atoms with van der Waals surface area (Å²) in [7, 11) is 1.39. The maximum absolute atomic E-state index is 13.4. The van der Waals surface area contributed by atoms with Gasteiger partial charge >= 0.3 is 11.9 Å². The van der Waals surface area contributed by atoms with E-state index in [1.165, 1.54) is 40.6 Å². The van der Waals surface area contributed by atoms with Crippen molar-refractivity contribution in [3.05, 3.63) is 57.0 Å². The van der Waals surface area contributed by atoms with Gasteiger partial charge in [-0.1, -0.05) is 30.7 Å². The van der Waals surface area contributed by atoms with E-state index in [2.05, 4.69) is 17.4 Å². The predicted octanol–water partition coefficient (Wildman–Crippen LogP) is 6.93. The number of aryl methyl sites for hydroxylation is 2. The Hall–Kier alpha value is -2.62. The molecule has 0 saturated carbocycles. The number of benzene rings is 1. The van der Waals surface area contributed by atoms with Gasteiger partial charge in [0.25, 0.3) is 0 Å². The minimum absolute atomic E-state index is 0.209. The van der Waals surface area contributed by atoms with Crippen LogP contribution in [0.3, 0.4) is 0 Å². The first kappa shape index (κ1) is 27.0. The van der Waals surface area contributed by atoms with E-state index in [-0.39, 0.29) is 24.5 Å². The molecule has 1 amide bonds. The van der Waals surface area contributed by atoms with E-state index in [0.29, 0.717) is 16.1 Å². The molecule has 3 aromatic rings. The Labute approximate surface area is 235 Å². The number of carbonyl (C=O) groups excluding carboxylic acids is 3. The number of fused-ring (bicyclic) bond motifs is 4. The normalized spacial score (nSPS) is 14.9. The lowest BCUT2D eigenvalue weighted by atomic mass is 9.89. The third-order valence-corrected chi connectivity index (χ3v) is 10.9. The molecule has 0 spiro atoms. The smallest absolute Gasteiger partial charge is 0.341 e. The van der Waals surface area contributed by atoms with Crippen molar-refractivity contribution < 1.29 is 23.9 Å². The molecule has 2 aromatic heterocycles. The predicted molar refractivity (Wildman–Crippen MR) is 154 cm³/mol. The number of thiophene rings is 2. The maximum Gasteiger partial charge on any atom is 0.341 e. The first-order valence-corrected chi connectivity index (χ1v) is 15.6. The summed E-state index contributed by atoms with van der Waals surface area (Å²) in [5, 5.41) is 3.11. The fourth-order valence-corrected chi connectivity index (χ4v) is 9.28. The number of rotatable bonds is 7. The molecule has 200 valence electrons. The lowest BCUT2D eigenvalue weighted by molar-refractivity contribution is -0.115. The van der Waals surface area contributed by atoms with Gasteiger partial charge in [0.05, 0.1) is 34.3 Å². The summed E-state index contributed by atoms with van der Waals surface area (Å²) in [6, 6.07) is 8.27. The number of amides is 1. The number of ether oxygens (including phenoxy) is 2. The average Bonchev–Trinajstić information content (AvgIpc) is 3.36. The summed E-state index contributed by atoms with van der Waals surface area (Å²) >= 11 is 4.41. The number of thioether (sulfide) groups is 1. The van der Waals surface area contributed by atoms with Gasteiger partial charge in [-0.15, -0.1) is 34.4 Å². The van der Waals surface area contributed by atoms with E-state index >= 15 is 0 Å². The Kier molecular flexibility index (Phi) is 8.26. The van der Waals surface area contributed by atoms with Gasteiger partial charge in [-0.2, -0.15) is 0 Å². The molecule has 9 heteroatoms. The summed E-state index contributed by atoms with van der Waals surface area (Å²) in [4.78, 5) is 41.4. The van der Waals surface area contributed by atoms with Crippen molar-refractivity contribution in [2.24, 2.45) is 0 Å². The Balaban J connectivity index is 1.42. The molecule has 0 saturated heterocycles. The van der Waals surface area contributed by atoms with Gasteiger partial charge in [-0.25, -0.2) is 9.59 Å². The van der Waals surface area contributed by atoms with Gasteiger partial charge in [0, 0.05) is 9.75 Å². The zero-order valence-corrected chi connectivity index (χ0v) is 24.3. The van der Waals surface area contributed by atoms with Crippen LogP contribution in [-0.2, 0) is 40.0 Å². The molecule has 1 unspecified atom stereocenters. The quantitative estimate of drug-likeness (QED) is 0.189. The van der Waals surface area contributed by atoms with Crippen molar-refractivity contribution >= 4 is 57.3 Å². The van der Waals surface area contributed by atoms with Gasteiger partial charge in [0.1, 0.15) is 5.00 Å². The lowest BCUT2D eigenvalue weighted by Gasteiger charge is -2.16. The van der Waals surface area contributed by atoms with Crippen molar-refractivity contribution in [1.82, 2.24) is 0 Å². The van der Waals surface area contributed by atoms with Gasteiger partial charge in [0.2, 0.25) is 5.91 Å². The summed E-state index contributed by atoms with van der Waals surface area (Å²) in [6.45, 7) is 3.90. The Bertz CT molecular complexity index is 1390. The molecule has 0 fully saturated rings. The molecule has 0 radical (unpaired) electrons. The molecule has 1 N–H and O–H groups in total. The van der Waals surface area contributed by atoms with Crippen LogP contribution in [0.2, 0.25) is 0 Å². The Morgan fingerprint density at radius 1 is 0.974 bits per heavy atom. The molecular formula is C29H31NO5S3. The maximum atomic E-state index is 13.4. The molecule has 2 heterocycles. The fourth-order valence-electron chi connectivity index (χ4n) is 5.19. The van der Waals surface area contributed by atoms with Crippen LogP contribution < -0.4 is 5.32 Å². The molecule has 2 aliphatic carbocycles. The molecular weight excluding hydrogens is 539 g/mol. The van der Waals surface area contributed by atoms with E-state index in [0.717, 1.165) is 70.7 Å². The monoisotopic (exact) mass is 569 g/mol. The second-order valence-electron chi connectivity index (χ2n) is 9.46. The average molecular weight is 570 g/mol. The highest BCUT2D eigenvalue weighted by atomic mass is 32.2. The van der Waals surface area contributed by atoms with Crippen LogP contribution in [-0.4, -0.2) is 36.8 Å². The van der Waals surface area contributed by atoms with E-state index in [1.54, 1.807) is 18.3 Å². The van der Waals surface area contributed by atoms with Gasteiger partial charge in [-0.3, -0.25) is 4.79 Å². The van der Waals surface area contributed by atoms with Gasteiger partial charge < -0.3 is 14.8 Å². The zero-order valence-electron chi connectivity index (χ0n) is 21.8. The molecule has 1 aromatic carbocycles. The van der Waals surface area contributed by atoms with Crippen LogP contribution in [0.4, 0.5) is 5.00 Å². The molecule has 0 aliphatic heterocycles. The van der Waals surface area contributed by atoms with Crippen molar-refractivity contribution in [3.8, 4) is 10.4 Å². The van der Waals surface area contributed by atoms with Crippen LogP contribution in [0.15, 0.2) is 28.5 Å². The SMILES string of the molecule is CCOC(=O)c1c(NC(=O)C(C)Sc2sc3c(c2C(=O)OC)CCc2ccccc2-3)sc2c1CCCCC2. The van der Waals surface area contributed by atoms with Crippen LogP contribution in [0.1, 0.15) is 75.4 Å². The van der Waals surface area contributed by atoms with E-state index in [4.69, 9.17) is 9.47 Å². The second kappa shape index (κ2) is 11.6. The minimum Gasteiger partial charge on any atom is -0.465 e. The second-order valence-corrected chi connectivity index (χ2v) is 13.2. The zero-order chi connectivity index (χ0) is 26.8. The first-order chi connectivity index (χ1) is 18.4. The van der Waals surface area contributed by atoms with Crippen LogP contribution >= 0.6 is 34.4 Å². The van der Waals surface area contributed by atoms with E-state index in [9.17, 15) is 14.4 Å². The minimum atomic E-state index is -0.495. The Morgan fingerprint density at radius 3 is 2.55 bits per heavy atom. The van der Waals surface area contributed by atoms with Gasteiger partial charge in [-0.05, 0) is 74.6 Å². The van der Waals surface area contributed by atoms with E-state index in [1.807, 2.05) is 19.1 Å². The number of nitrogens with one attached hydrogen (secondary N) is 1. The highest BCUT2D eigenvalue weighted by molar-refractivity contribution is 8.02. The third kappa shape index (κ3) is 5.16. The topological polar surface area (TPSA) is 81.7 Å². The van der Waals surface area contributed by atoms with Crippen molar-refractivity contribution in [1.29, 1.82) is 0 Å². The summed E-state index contributed by atoms with van der Waals surface area (Å²) < 4.78 is 11.3. The van der Waals surface area contributed by atoms with Crippen molar-refractivity contribution in [3.63, 3.8) is 0 Å². The fraction of sp³-hybridized carbons (Fsp3) is 0.414. The highest BCUT2D eigenvalue weighted by Gasteiger charge is 2.32. The molecule has 5 rings (SSSR count). The highest BCUT2D eigenvalue weighted by Crippen LogP contribution is 2.47. The molecule has 6 nitrogen and oxygen atoms in total. The first-order valence-electron chi connectivity index (χ1n) is 13.0. The number of hydrogen-bond donors (Lipinski definition) is 1. The van der Waals surface area contributed by atoms with Crippen LogP contribution in [0.25, 0.3) is 10.4 Å². The Morgan fingerprint density at radius 2 is 1.76 bits per heavy atom. The summed E-state index contributed by atoms with van der Waals surface area (Å²) in [5.41, 5.74) is 5.52. The standard InChI is InChI=1S/C29H31NO5S3/c1-4-35-28(33)22-19-12-6-5-7-13-21(19)37-26(22)30-25(31)16(2)36-29-23(27(32)34-3)20-15-14-17-10-8-9-11-18(17)24(20)38-29/h8-11,16H,4-7,12-15H2,1-3H3,(H,30,31). The van der Waals surface area contributed by atoms with E-state index < -0.39 is 5.25 Å². The number of hydrogen-bond acceptors (Lipinski definition) is 8. The number of carbonyl (C=O) groups is 3. The number of methoxy groups -OCH3 is 1. The lowest BCUT2D eigenvalue weighted by Crippen LogP contribution is -2.23. The number of esters is 2. The summed E-state index contributed by atoms with van der Waals surface area (Å²) in [5.74, 6) is -0.955. The number of anilines is 1. The molecule has 38 heavy (non-hydrogen) atoms. The van der Waals surface area contributed by atoms with Gasteiger partial charge in [0.15, 0.2) is 0 Å². The molecule has 2 aliphatic rings. The van der Waals surface area contributed by atoms with Crippen LogP contribution in [0, 0.1) is 0 Å². The molecule has 0 bridgehead atoms. The van der Waals surface area contributed by atoms with Crippen LogP contribution in [0.5, 0.6) is 0 Å². The largest absolute Gasteiger partial charge is 0.465 e. The van der Waals surface area contributed by atoms with Crippen molar-refractivity contribution in [2.45, 2.75) is 68.3 Å². The third-order valence-electron chi connectivity index (χ3n) is 7.06.